The van der Waals surface area contributed by atoms with E-state index in [0.717, 1.165) is 27.5 Å². The largest absolute Gasteiger partial charge is 0.496 e. The molecule has 0 amide bonds. The Balaban J connectivity index is 2.07. The number of aliphatic hydroxyl groups is 1. The van der Waals surface area contributed by atoms with Crippen LogP contribution in [-0.2, 0) is 12.8 Å². The topological polar surface area (TPSA) is 29.5 Å². The summed E-state index contributed by atoms with van der Waals surface area (Å²) in [6.07, 6.45) is 1.70. The Bertz CT molecular complexity index is 599. The van der Waals surface area contributed by atoms with E-state index in [-0.39, 0.29) is 12.5 Å². The summed E-state index contributed by atoms with van der Waals surface area (Å²) >= 11 is 6.99. The normalized spacial score (nSPS) is 12.2. The smallest absolute Gasteiger partial charge is 0.133 e. The number of hydrogen-bond acceptors (Lipinski definition) is 2. The minimum atomic E-state index is 0.177. The van der Waals surface area contributed by atoms with E-state index in [9.17, 15) is 5.11 Å². The highest BCUT2D eigenvalue weighted by molar-refractivity contribution is 9.10. The zero-order chi connectivity index (χ0) is 15.2. The van der Waals surface area contributed by atoms with Crippen LogP contribution in [0.25, 0.3) is 0 Å². The molecule has 0 saturated heterocycles. The third-order valence-corrected chi connectivity index (χ3v) is 4.53. The van der Waals surface area contributed by atoms with Crippen molar-refractivity contribution in [2.75, 3.05) is 13.7 Å². The number of hydrogen-bond donors (Lipinski definition) is 1. The molecular formula is C17H18Br2O2. The van der Waals surface area contributed by atoms with Gasteiger partial charge in [0.15, 0.2) is 0 Å². The molecule has 1 unspecified atom stereocenters. The van der Waals surface area contributed by atoms with Crippen LogP contribution in [0.5, 0.6) is 5.75 Å². The Morgan fingerprint density at radius 1 is 1.05 bits per heavy atom. The Kier molecular flexibility index (Phi) is 6.27. The van der Waals surface area contributed by atoms with Gasteiger partial charge in [0.2, 0.25) is 0 Å². The summed E-state index contributed by atoms with van der Waals surface area (Å²) in [5, 5.41) is 9.64. The van der Waals surface area contributed by atoms with Gasteiger partial charge in [-0.1, -0.05) is 34.1 Å². The van der Waals surface area contributed by atoms with Gasteiger partial charge < -0.3 is 9.84 Å². The molecule has 0 fully saturated rings. The van der Waals surface area contributed by atoms with Crippen LogP contribution in [0.3, 0.4) is 0 Å². The molecule has 0 heterocycles. The summed E-state index contributed by atoms with van der Waals surface area (Å²) < 4.78 is 7.26. The first-order valence-corrected chi connectivity index (χ1v) is 8.38. The second-order valence-electron chi connectivity index (χ2n) is 5.06. The van der Waals surface area contributed by atoms with Gasteiger partial charge in [-0.3, -0.25) is 0 Å². The van der Waals surface area contributed by atoms with Gasteiger partial charge in [0.1, 0.15) is 5.75 Å². The monoisotopic (exact) mass is 412 g/mol. The van der Waals surface area contributed by atoms with Gasteiger partial charge in [0.05, 0.1) is 11.6 Å². The molecule has 2 rings (SSSR count). The third-order valence-electron chi connectivity index (χ3n) is 3.41. The van der Waals surface area contributed by atoms with Gasteiger partial charge in [-0.15, -0.1) is 0 Å². The minimum absolute atomic E-state index is 0.177. The van der Waals surface area contributed by atoms with Crippen molar-refractivity contribution in [1.29, 1.82) is 0 Å². The van der Waals surface area contributed by atoms with Crippen LogP contribution >= 0.6 is 31.9 Å². The van der Waals surface area contributed by atoms with Crippen LogP contribution in [0, 0.1) is 5.92 Å². The highest BCUT2D eigenvalue weighted by atomic mass is 79.9. The Morgan fingerprint density at radius 3 is 2.33 bits per heavy atom. The second kappa shape index (κ2) is 7.97. The zero-order valence-corrected chi connectivity index (χ0v) is 15.0. The van der Waals surface area contributed by atoms with Gasteiger partial charge in [0, 0.05) is 11.1 Å². The molecule has 2 aromatic carbocycles. The molecule has 0 aliphatic carbocycles. The minimum Gasteiger partial charge on any atom is -0.496 e. The molecular weight excluding hydrogens is 396 g/mol. The van der Waals surface area contributed by atoms with E-state index in [4.69, 9.17) is 4.74 Å². The summed E-state index contributed by atoms with van der Waals surface area (Å²) in [5.74, 6) is 1.03. The van der Waals surface area contributed by atoms with Crippen molar-refractivity contribution in [1.82, 2.24) is 0 Å². The van der Waals surface area contributed by atoms with Crippen molar-refractivity contribution in [3.8, 4) is 5.75 Å². The third kappa shape index (κ3) is 4.83. The second-order valence-corrected chi connectivity index (χ2v) is 6.83. The van der Waals surface area contributed by atoms with Crippen LogP contribution in [0.2, 0.25) is 0 Å². The van der Waals surface area contributed by atoms with E-state index in [1.165, 1.54) is 11.1 Å². The number of halogens is 2. The summed E-state index contributed by atoms with van der Waals surface area (Å²) in [6.45, 7) is 0.177. The lowest BCUT2D eigenvalue weighted by atomic mass is 9.93. The predicted octanol–water partition coefficient (Wildman–Crippen LogP) is 4.61. The van der Waals surface area contributed by atoms with E-state index in [0.29, 0.717) is 0 Å². The molecule has 1 atom stereocenters. The van der Waals surface area contributed by atoms with Crippen LogP contribution in [0.4, 0.5) is 0 Å². The van der Waals surface area contributed by atoms with Crippen LogP contribution in [0.1, 0.15) is 11.1 Å². The quantitative estimate of drug-likeness (QED) is 0.748. The van der Waals surface area contributed by atoms with Gasteiger partial charge >= 0.3 is 0 Å². The fourth-order valence-electron chi connectivity index (χ4n) is 2.37. The molecule has 0 aromatic heterocycles. The van der Waals surface area contributed by atoms with E-state index in [2.05, 4.69) is 50.1 Å². The van der Waals surface area contributed by atoms with Crippen molar-refractivity contribution < 1.29 is 9.84 Å². The lowest BCUT2D eigenvalue weighted by Gasteiger charge is -2.15. The van der Waals surface area contributed by atoms with E-state index < -0.39 is 0 Å². The molecule has 0 aliphatic heterocycles. The van der Waals surface area contributed by atoms with E-state index >= 15 is 0 Å². The molecule has 2 aromatic rings. The maximum Gasteiger partial charge on any atom is 0.133 e. The standard InChI is InChI=1S/C17H18Br2O2/c1-21-17-6-5-13(10-16(17)19)8-14(11-20)7-12-3-2-4-15(18)9-12/h2-6,9-10,14,20H,7-8,11H2,1H3. The molecule has 0 spiro atoms. The highest BCUT2D eigenvalue weighted by Gasteiger charge is 2.11. The van der Waals surface area contributed by atoms with Gasteiger partial charge in [-0.25, -0.2) is 0 Å². The number of benzene rings is 2. The van der Waals surface area contributed by atoms with Gasteiger partial charge in [0.25, 0.3) is 0 Å². The van der Waals surface area contributed by atoms with E-state index in [1.54, 1.807) is 7.11 Å². The molecule has 0 bridgehead atoms. The van der Waals surface area contributed by atoms with Crippen molar-refractivity contribution in [2.45, 2.75) is 12.8 Å². The SMILES string of the molecule is COc1ccc(CC(CO)Cc2cccc(Br)c2)cc1Br. The summed E-state index contributed by atoms with van der Waals surface area (Å²) in [7, 11) is 1.66. The van der Waals surface area contributed by atoms with Crippen molar-refractivity contribution in [3.63, 3.8) is 0 Å². The average molecular weight is 414 g/mol. The first-order chi connectivity index (χ1) is 10.1. The molecule has 4 heteroatoms. The van der Waals surface area contributed by atoms with Gasteiger partial charge in [-0.05, 0) is 70.1 Å². The maximum atomic E-state index is 9.64. The molecule has 1 N–H and O–H groups in total. The molecule has 0 radical (unpaired) electrons. The zero-order valence-electron chi connectivity index (χ0n) is 11.9. The predicted molar refractivity (Wildman–Crippen MR) is 92.8 cm³/mol. The van der Waals surface area contributed by atoms with Crippen LogP contribution < -0.4 is 4.74 Å². The van der Waals surface area contributed by atoms with Crippen LogP contribution in [-0.4, -0.2) is 18.8 Å². The van der Waals surface area contributed by atoms with Gasteiger partial charge in [-0.2, -0.15) is 0 Å². The number of rotatable bonds is 6. The van der Waals surface area contributed by atoms with Crippen molar-refractivity contribution >= 4 is 31.9 Å². The average Bonchev–Trinajstić information content (AvgIpc) is 2.47. The summed E-state index contributed by atoms with van der Waals surface area (Å²) in [4.78, 5) is 0. The fourth-order valence-corrected chi connectivity index (χ4v) is 3.40. The molecule has 0 aliphatic rings. The van der Waals surface area contributed by atoms with Crippen molar-refractivity contribution in [3.05, 3.63) is 62.5 Å². The lowest BCUT2D eigenvalue weighted by molar-refractivity contribution is 0.225. The summed E-state index contributed by atoms with van der Waals surface area (Å²) in [6, 6.07) is 14.3. The highest BCUT2D eigenvalue weighted by Crippen LogP contribution is 2.27. The Morgan fingerprint density at radius 2 is 1.76 bits per heavy atom. The number of ether oxygens (including phenoxy) is 1. The maximum absolute atomic E-state index is 9.64. The van der Waals surface area contributed by atoms with E-state index in [1.807, 2.05) is 24.3 Å². The Hall–Kier alpha value is -0.840. The fraction of sp³-hybridized carbons (Fsp3) is 0.294. The summed E-state index contributed by atoms with van der Waals surface area (Å²) in [5.41, 5.74) is 2.42. The van der Waals surface area contributed by atoms with Crippen LogP contribution in [0.15, 0.2) is 51.4 Å². The number of aliphatic hydroxyl groups excluding tert-OH is 1. The Labute approximate surface area is 142 Å². The molecule has 0 saturated carbocycles. The number of methoxy groups -OCH3 is 1. The first-order valence-electron chi connectivity index (χ1n) is 6.80. The molecule has 21 heavy (non-hydrogen) atoms. The molecule has 112 valence electrons. The molecule has 2 nitrogen and oxygen atoms in total. The first kappa shape index (κ1) is 16.5. The lowest BCUT2D eigenvalue weighted by Crippen LogP contribution is -2.13. The van der Waals surface area contributed by atoms with Crippen molar-refractivity contribution in [2.24, 2.45) is 5.92 Å².